The highest BCUT2D eigenvalue weighted by Crippen LogP contribution is 2.35. The van der Waals surface area contributed by atoms with E-state index in [1.165, 1.54) is 10.4 Å². The van der Waals surface area contributed by atoms with Crippen LogP contribution < -0.4 is 0 Å². The Bertz CT molecular complexity index is 429. The number of hydrogen-bond acceptors (Lipinski definition) is 1. The minimum Gasteiger partial charge on any atom is -0.149 e. The second kappa shape index (κ2) is 5.83. The fourth-order valence-corrected chi connectivity index (χ4v) is 3.96. The molecule has 0 saturated heterocycles. The van der Waals surface area contributed by atoms with Crippen LogP contribution in [0.5, 0.6) is 0 Å². The summed E-state index contributed by atoms with van der Waals surface area (Å²) in [6.45, 7) is 2.28. The summed E-state index contributed by atoms with van der Waals surface area (Å²) in [6.07, 6.45) is 2.27. The molecule has 1 heterocycles. The first-order chi connectivity index (χ1) is 8.30. The van der Waals surface area contributed by atoms with E-state index >= 15 is 0 Å². The normalized spacial score (nSPS) is 14.5. The number of alkyl halides is 1. The van der Waals surface area contributed by atoms with Crippen molar-refractivity contribution in [2.75, 3.05) is 5.33 Å². The molecule has 1 unspecified atom stereocenters. The molecule has 0 aliphatic rings. The van der Waals surface area contributed by atoms with Gasteiger partial charge in [-0.2, -0.15) is 0 Å². The Kier molecular flexibility index (Phi) is 4.41. The lowest BCUT2D eigenvalue weighted by atomic mass is 9.77. The van der Waals surface area contributed by atoms with Crippen molar-refractivity contribution in [3.05, 3.63) is 58.3 Å². The molecule has 0 N–H and O–H groups in total. The Hall–Kier alpha value is -0.600. The predicted octanol–water partition coefficient (Wildman–Crippen LogP) is 5.03. The van der Waals surface area contributed by atoms with Gasteiger partial charge < -0.3 is 0 Å². The van der Waals surface area contributed by atoms with Gasteiger partial charge in [-0.1, -0.05) is 59.3 Å². The van der Waals surface area contributed by atoms with Gasteiger partial charge in [-0.05, 0) is 29.9 Å². The molecule has 2 aromatic rings. The van der Waals surface area contributed by atoms with E-state index in [1.807, 2.05) is 11.3 Å². The Labute approximate surface area is 116 Å². The zero-order valence-electron chi connectivity index (χ0n) is 10.0. The zero-order valence-corrected chi connectivity index (χ0v) is 12.4. The first-order valence-corrected chi connectivity index (χ1v) is 7.95. The quantitative estimate of drug-likeness (QED) is 0.679. The summed E-state index contributed by atoms with van der Waals surface area (Å²) in [7, 11) is 0. The van der Waals surface area contributed by atoms with Crippen LogP contribution in [0, 0.1) is 0 Å². The average molecular weight is 309 g/mol. The van der Waals surface area contributed by atoms with Crippen LogP contribution in [0.25, 0.3) is 0 Å². The van der Waals surface area contributed by atoms with E-state index in [-0.39, 0.29) is 5.41 Å². The molecule has 0 aliphatic carbocycles. The van der Waals surface area contributed by atoms with Crippen LogP contribution in [-0.2, 0) is 11.8 Å². The number of benzene rings is 1. The molecule has 17 heavy (non-hydrogen) atoms. The highest BCUT2D eigenvalue weighted by Gasteiger charge is 2.29. The molecule has 0 saturated carbocycles. The van der Waals surface area contributed by atoms with Crippen molar-refractivity contribution in [3.8, 4) is 0 Å². The molecule has 2 heteroatoms. The minimum atomic E-state index is 0.228. The molecule has 0 bridgehead atoms. The van der Waals surface area contributed by atoms with Gasteiger partial charge in [0.1, 0.15) is 0 Å². The lowest BCUT2D eigenvalue weighted by Gasteiger charge is -2.31. The van der Waals surface area contributed by atoms with E-state index in [1.54, 1.807) is 0 Å². The molecule has 1 aromatic carbocycles. The molecular weight excluding hydrogens is 292 g/mol. The minimum absolute atomic E-state index is 0.228. The Balaban J connectivity index is 2.32. The lowest BCUT2D eigenvalue weighted by Crippen LogP contribution is -2.29. The van der Waals surface area contributed by atoms with Crippen LogP contribution in [0.3, 0.4) is 0 Å². The standard InChI is InChI=1S/C15H17BrS/c1-2-15(12-16,11-14-9-6-10-17-14)13-7-4-3-5-8-13/h3-10H,2,11-12H2,1H3. The van der Waals surface area contributed by atoms with Crippen LogP contribution in [0.1, 0.15) is 23.8 Å². The molecule has 90 valence electrons. The number of thiophene rings is 1. The molecule has 2 rings (SSSR count). The maximum absolute atomic E-state index is 3.72. The summed E-state index contributed by atoms with van der Waals surface area (Å²) in [6, 6.07) is 15.2. The van der Waals surface area contributed by atoms with E-state index in [9.17, 15) is 0 Å². The second-order valence-corrected chi connectivity index (χ2v) is 5.98. The summed E-state index contributed by atoms with van der Waals surface area (Å²) in [5, 5.41) is 3.17. The molecule has 0 amide bonds. The molecule has 1 atom stereocenters. The van der Waals surface area contributed by atoms with E-state index in [4.69, 9.17) is 0 Å². The van der Waals surface area contributed by atoms with Crippen molar-refractivity contribution < 1.29 is 0 Å². The van der Waals surface area contributed by atoms with Crippen molar-refractivity contribution in [1.29, 1.82) is 0 Å². The zero-order chi connectivity index (χ0) is 12.1. The smallest absolute Gasteiger partial charge is 0.0132 e. The van der Waals surface area contributed by atoms with E-state index < -0.39 is 0 Å². The van der Waals surface area contributed by atoms with E-state index in [0.29, 0.717) is 0 Å². The van der Waals surface area contributed by atoms with Crippen molar-refractivity contribution >= 4 is 27.3 Å². The van der Waals surface area contributed by atoms with Gasteiger partial charge in [0.15, 0.2) is 0 Å². The summed E-state index contributed by atoms with van der Waals surface area (Å²) < 4.78 is 0. The first-order valence-electron chi connectivity index (χ1n) is 5.94. The third-order valence-corrected chi connectivity index (χ3v) is 5.36. The van der Waals surface area contributed by atoms with Gasteiger partial charge >= 0.3 is 0 Å². The molecule has 0 radical (unpaired) electrons. The number of hydrogen-bond donors (Lipinski definition) is 0. The summed E-state index contributed by atoms with van der Waals surface area (Å²) in [4.78, 5) is 1.47. The lowest BCUT2D eigenvalue weighted by molar-refractivity contribution is 0.468. The molecular formula is C15H17BrS. The fourth-order valence-electron chi connectivity index (χ4n) is 2.19. The molecule has 1 aromatic heterocycles. The molecule has 0 spiro atoms. The first kappa shape index (κ1) is 12.8. The van der Waals surface area contributed by atoms with Crippen LogP contribution in [0.4, 0.5) is 0 Å². The third-order valence-electron chi connectivity index (χ3n) is 3.41. The van der Waals surface area contributed by atoms with Crippen molar-refractivity contribution in [2.24, 2.45) is 0 Å². The van der Waals surface area contributed by atoms with Gasteiger partial charge in [0.2, 0.25) is 0 Å². The van der Waals surface area contributed by atoms with Crippen LogP contribution in [0.15, 0.2) is 47.8 Å². The van der Waals surface area contributed by atoms with Crippen LogP contribution in [-0.4, -0.2) is 5.33 Å². The monoisotopic (exact) mass is 308 g/mol. The third kappa shape index (κ3) is 2.80. The Morgan fingerprint density at radius 2 is 1.88 bits per heavy atom. The van der Waals surface area contributed by atoms with Gasteiger partial charge in [-0.3, -0.25) is 0 Å². The Morgan fingerprint density at radius 3 is 2.41 bits per heavy atom. The summed E-state index contributed by atoms with van der Waals surface area (Å²) in [5.41, 5.74) is 1.67. The largest absolute Gasteiger partial charge is 0.149 e. The summed E-state index contributed by atoms with van der Waals surface area (Å²) in [5.74, 6) is 0. The van der Waals surface area contributed by atoms with Gasteiger partial charge in [-0.15, -0.1) is 11.3 Å². The fraction of sp³-hybridized carbons (Fsp3) is 0.333. The highest BCUT2D eigenvalue weighted by atomic mass is 79.9. The number of halogens is 1. The van der Waals surface area contributed by atoms with Gasteiger partial charge in [0, 0.05) is 15.6 Å². The van der Waals surface area contributed by atoms with Crippen molar-refractivity contribution in [2.45, 2.75) is 25.2 Å². The summed E-state index contributed by atoms with van der Waals surface area (Å²) >= 11 is 5.57. The SMILES string of the molecule is CCC(CBr)(Cc1cccs1)c1ccccc1. The Morgan fingerprint density at radius 1 is 1.12 bits per heavy atom. The van der Waals surface area contributed by atoms with Crippen LogP contribution in [0.2, 0.25) is 0 Å². The van der Waals surface area contributed by atoms with Crippen LogP contribution >= 0.6 is 27.3 Å². The van der Waals surface area contributed by atoms with E-state index in [2.05, 4.69) is 70.7 Å². The second-order valence-electron chi connectivity index (χ2n) is 4.39. The van der Waals surface area contributed by atoms with Crippen molar-refractivity contribution in [1.82, 2.24) is 0 Å². The van der Waals surface area contributed by atoms with Gasteiger partial charge in [0.05, 0.1) is 0 Å². The van der Waals surface area contributed by atoms with Gasteiger partial charge in [-0.25, -0.2) is 0 Å². The average Bonchev–Trinajstić information content (AvgIpc) is 2.90. The van der Waals surface area contributed by atoms with Crippen molar-refractivity contribution in [3.63, 3.8) is 0 Å². The molecule has 0 nitrogen and oxygen atoms in total. The molecule has 0 fully saturated rings. The molecule has 0 aliphatic heterocycles. The topological polar surface area (TPSA) is 0 Å². The van der Waals surface area contributed by atoms with Gasteiger partial charge in [0.25, 0.3) is 0 Å². The van der Waals surface area contributed by atoms with E-state index in [0.717, 1.165) is 18.2 Å². The maximum atomic E-state index is 3.72. The maximum Gasteiger partial charge on any atom is 0.0132 e. The number of rotatable bonds is 5. The highest BCUT2D eigenvalue weighted by molar-refractivity contribution is 9.09. The predicted molar refractivity (Wildman–Crippen MR) is 80.2 cm³/mol.